The lowest BCUT2D eigenvalue weighted by Gasteiger charge is -2.10. The Hall–Kier alpha value is -2.52. The van der Waals surface area contributed by atoms with Gasteiger partial charge in [-0.1, -0.05) is 58.4 Å². The second-order valence-corrected chi connectivity index (χ2v) is 6.56. The summed E-state index contributed by atoms with van der Waals surface area (Å²) in [4.78, 5) is 9.81. The SMILES string of the molecule is Brc1ccc2c(c1)c1ccccc1c1nc3ccccc3nc21. The van der Waals surface area contributed by atoms with Crippen LogP contribution in [0.15, 0.2) is 71.2 Å². The first kappa shape index (κ1) is 13.0. The first-order chi connectivity index (χ1) is 11.3. The number of hydrogen-bond donors (Lipinski definition) is 0. The molecule has 5 aromatic rings. The third-order valence-corrected chi connectivity index (χ3v) is 4.77. The fourth-order valence-electron chi connectivity index (χ4n) is 3.25. The molecule has 3 heteroatoms. The second-order valence-electron chi connectivity index (χ2n) is 5.65. The Bertz CT molecular complexity index is 1230. The van der Waals surface area contributed by atoms with E-state index in [1.54, 1.807) is 0 Å². The maximum atomic E-state index is 4.91. The standard InChI is InChI=1S/C20H11BrN2/c21-12-9-10-15-16(11-12)13-5-1-2-6-14(13)19-20(15)23-18-8-4-3-7-17(18)22-19/h1-11H. The van der Waals surface area contributed by atoms with E-state index in [1.807, 2.05) is 24.3 Å². The number of nitrogens with zero attached hydrogens (tertiary/aromatic N) is 2. The van der Waals surface area contributed by atoms with E-state index in [0.29, 0.717) is 0 Å². The minimum atomic E-state index is 0.930. The van der Waals surface area contributed by atoms with Crippen LogP contribution in [0.5, 0.6) is 0 Å². The molecule has 0 unspecified atom stereocenters. The molecule has 23 heavy (non-hydrogen) atoms. The highest BCUT2D eigenvalue weighted by molar-refractivity contribution is 9.10. The highest BCUT2D eigenvalue weighted by Crippen LogP contribution is 2.35. The van der Waals surface area contributed by atoms with Crippen molar-refractivity contribution in [3.8, 4) is 0 Å². The van der Waals surface area contributed by atoms with Gasteiger partial charge in [0.2, 0.25) is 0 Å². The summed E-state index contributed by atoms with van der Waals surface area (Å²) in [6, 6.07) is 22.8. The summed E-state index contributed by atoms with van der Waals surface area (Å²) in [7, 11) is 0. The Morgan fingerprint density at radius 2 is 1.13 bits per heavy atom. The fourth-order valence-corrected chi connectivity index (χ4v) is 3.61. The van der Waals surface area contributed by atoms with E-state index in [2.05, 4.69) is 58.4 Å². The van der Waals surface area contributed by atoms with E-state index in [9.17, 15) is 0 Å². The largest absolute Gasteiger partial charge is 0.244 e. The minimum Gasteiger partial charge on any atom is -0.244 e. The van der Waals surface area contributed by atoms with Gasteiger partial charge in [0.1, 0.15) is 0 Å². The van der Waals surface area contributed by atoms with E-state index in [-0.39, 0.29) is 0 Å². The summed E-state index contributed by atoms with van der Waals surface area (Å²) in [6.45, 7) is 0. The van der Waals surface area contributed by atoms with Gasteiger partial charge < -0.3 is 0 Å². The van der Waals surface area contributed by atoms with Gasteiger partial charge in [-0.2, -0.15) is 0 Å². The molecule has 1 heterocycles. The molecule has 0 saturated carbocycles. The predicted octanol–water partition coefficient (Wildman–Crippen LogP) is 5.85. The zero-order chi connectivity index (χ0) is 15.4. The van der Waals surface area contributed by atoms with Crippen molar-refractivity contribution in [1.29, 1.82) is 0 Å². The van der Waals surface area contributed by atoms with Crippen molar-refractivity contribution < 1.29 is 0 Å². The summed E-state index contributed by atoms with van der Waals surface area (Å²) < 4.78 is 1.07. The van der Waals surface area contributed by atoms with Crippen molar-refractivity contribution in [2.75, 3.05) is 0 Å². The molecule has 4 aromatic carbocycles. The highest BCUT2D eigenvalue weighted by Gasteiger charge is 2.12. The van der Waals surface area contributed by atoms with Crippen molar-refractivity contribution in [1.82, 2.24) is 9.97 Å². The Kier molecular flexibility index (Phi) is 2.67. The van der Waals surface area contributed by atoms with Crippen molar-refractivity contribution in [3.05, 3.63) is 71.2 Å². The number of para-hydroxylation sites is 2. The van der Waals surface area contributed by atoms with Crippen LogP contribution < -0.4 is 0 Å². The minimum absolute atomic E-state index is 0.930. The third-order valence-electron chi connectivity index (χ3n) is 4.28. The second kappa shape index (κ2) is 4.74. The zero-order valence-corrected chi connectivity index (χ0v) is 13.7. The molecule has 1 aromatic heterocycles. The highest BCUT2D eigenvalue weighted by atomic mass is 79.9. The fraction of sp³-hybridized carbons (Fsp3) is 0. The van der Waals surface area contributed by atoms with E-state index in [4.69, 9.17) is 9.97 Å². The van der Waals surface area contributed by atoms with Crippen LogP contribution in [0.25, 0.3) is 43.6 Å². The van der Waals surface area contributed by atoms with Gasteiger partial charge in [0.05, 0.1) is 22.1 Å². The van der Waals surface area contributed by atoms with Gasteiger partial charge in [0.15, 0.2) is 0 Å². The topological polar surface area (TPSA) is 25.8 Å². The first-order valence-electron chi connectivity index (χ1n) is 7.48. The molecule has 108 valence electrons. The van der Waals surface area contributed by atoms with Crippen LogP contribution >= 0.6 is 15.9 Å². The molecule has 0 bridgehead atoms. The van der Waals surface area contributed by atoms with Gasteiger partial charge in [0.25, 0.3) is 0 Å². The summed E-state index contributed by atoms with van der Waals surface area (Å²) in [5.41, 5.74) is 3.79. The number of benzene rings is 4. The number of halogens is 1. The number of rotatable bonds is 0. The molecule has 5 rings (SSSR count). The zero-order valence-electron chi connectivity index (χ0n) is 12.1. The number of fused-ring (bicyclic) bond motifs is 7. The smallest absolute Gasteiger partial charge is 0.0979 e. The van der Waals surface area contributed by atoms with Crippen LogP contribution in [0.1, 0.15) is 0 Å². The Labute approximate surface area is 140 Å². The van der Waals surface area contributed by atoms with Crippen LogP contribution in [0, 0.1) is 0 Å². The van der Waals surface area contributed by atoms with Gasteiger partial charge in [-0.3, -0.25) is 0 Å². The van der Waals surface area contributed by atoms with Gasteiger partial charge in [-0.05, 0) is 35.0 Å². The molecule has 0 aliphatic rings. The van der Waals surface area contributed by atoms with Gasteiger partial charge >= 0.3 is 0 Å². The van der Waals surface area contributed by atoms with Crippen LogP contribution in [0.3, 0.4) is 0 Å². The molecule has 2 nitrogen and oxygen atoms in total. The Balaban J connectivity index is 2.15. The quantitative estimate of drug-likeness (QED) is 0.256. The number of aromatic nitrogens is 2. The van der Waals surface area contributed by atoms with E-state index < -0.39 is 0 Å². The summed E-state index contributed by atoms with van der Waals surface area (Å²) in [5, 5.41) is 4.69. The first-order valence-corrected chi connectivity index (χ1v) is 8.27. The van der Waals surface area contributed by atoms with Crippen LogP contribution in [0.4, 0.5) is 0 Å². The van der Waals surface area contributed by atoms with E-state index >= 15 is 0 Å². The molecule has 0 aliphatic carbocycles. The molecule has 0 fully saturated rings. The summed E-state index contributed by atoms with van der Waals surface area (Å²) in [5.74, 6) is 0. The lowest BCUT2D eigenvalue weighted by Crippen LogP contribution is -1.91. The molecular weight excluding hydrogens is 348 g/mol. The van der Waals surface area contributed by atoms with E-state index in [0.717, 1.165) is 37.3 Å². The maximum Gasteiger partial charge on any atom is 0.0979 e. The third kappa shape index (κ3) is 1.87. The van der Waals surface area contributed by atoms with Gasteiger partial charge in [-0.25, -0.2) is 9.97 Å². The predicted molar refractivity (Wildman–Crippen MR) is 99.8 cm³/mol. The van der Waals surface area contributed by atoms with Crippen molar-refractivity contribution in [2.24, 2.45) is 0 Å². The molecule has 0 radical (unpaired) electrons. The maximum absolute atomic E-state index is 4.91. The van der Waals surface area contributed by atoms with E-state index in [1.165, 1.54) is 10.8 Å². The number of hydrogen-bond acceptors (Lipinski definition) is 2. The monoisotopic (exact) mass is 358 g/mol. The molecule has 0 atom stereocenters. The molecule has 0 amide bonds. The molecular formula is C20H11BrN2. The Morgan fingerprint density at radius 1 is 0.565 bits per heavy atom. The van der Waals surface area contributed by atoms with Crippen LogP contribution in [0.2, 0.25) is 0 Å². The van der Waals surface area contributed by atoms with Crippen LogP contribution in [-0.2, 0) is 0 Å². The summed E-state index contributed by atoms with van der Waals surface area (Å²) in [6.07, 6.45) is 0. The molecule has 0 aliphatic heterocycles. The average Bonchev–Trinajstić information content (AvgIpc) is 2.60. The van der Waals surface area contributed by atoms with Crippen molar-refractivity contribution in [2.45, 2.75) is 0 Å². The normalized spacial score (nSPS) is 11.7. The van der Waals surface area contributed by atoms with Crippen LogP contribution in [-0.4, -0.2) is 9.97 Å². The lowest BCUT2D eigenvalue weighted by atomic mass is 9.99. The molecule has 0 N–H and O–H groups in total. The van der Waals surface area contributed by atoms with Gasteiger partial charge in [-0.15, -0.1) is 0 Å². The Morgan fingerprint density at radius 3 is 1.83 bits per heavy atom. The van der Waals surface area contributed by atoms with Crippen molar-refractivity contribution in [3.63, 3.8) is 0 Å². The van der Waals surface area contributed by atoms with Gasteiger partial charge in [0, 0.05) is 15.2 Å². The lowest BCUT2D eigenvalue weighted by molar-refractivity contribution is 1.42. The molecule has 0 spiro atoms. The summed E-state index contributed by atoms with van der Waals surface area (Å²) >= 11 is 3.59. The van der Waals surface area contributed by atoms with Crippen molar-refractivity contribution >= 4 is 59.5 Å². The average molecular weight is 359 g/mol. The molecule has 0 saturated heterocycles.